The van der Waals surface area contributed by atoms with Gasteiger partial charge in [0.15, 0.2) is 0 Å². The first kappa shape index (κ1) is 9.52. The molecule has 0 unspecified atom stereocenters. The number of hydrogen-bond acceptors (Lipinski definition) is 2. The van der Waals surface area contributed by atoms with E-state index in [1.165, 1.54) is 12.8 Å². The molecule has 3 N–H and O–H groups in total. The third-order valence-electron chi connectivity index (χ3n) is 2.51. The van der Waals surface area contributed by atoms with E-state index in [0.29, 0.717) is 12.0 Å². The van der Waals surface area contributed by atoms with Crippen LogP contribution in [0.2, 0.25) is 0 Å². The van der Waals surface area contributed by atoms with Crippen molar-refractivity contribution in [3.63, 3.8) is 0 Å². The molecule has 1 aliphatic carbocycles. The number of nitrogens with two attached hydrogens (primary N) is 1. The van der Waals surface area contributed by atoms with Crippen LogP contribution in [0.5, 0.6) is 0 Å². The van der Waals surface area contributed by atoms with E-state index < -0.39 is 0 Å². The number of carbonyl (C=O) groups excluding carboxylic acids is 1. The van der Waals surface area contributed by atoms with Gasteiger partial charge in [-0.05, 0) is 18.8 Å². The fourth-order valence-corrected chi connectivity index (χ4v) is 1.27. The van der Waals surface area contributed by atoms with Crippen LogP contribution in [0.1, 0.15) is 33.1 Å². The number of rotatable bonds is 5. The van der Waals surface area contributed by atoms with Gasteiger partial charge in [0.1, 0.15) is 0 Å². The maximum absolute atomic E-state index is 11.0. The van der Waals surface area contributed by atoms with Crippen molar-refractivity contribution in [2.24, 2.45) is 11.7 Å². The second-order valence-corrected chi connectivity index (χ2v) is 3.71. The summed E-state index contributed by atoms with van der Waals surface area (Å²) in [7, 11) is 0. The highest BCUT2D eigenvalue weighted by molar-refractivity contribution is 5.80. The average molecular weight is 170 g/mol. The molecule has 0 spiro atoms. The van der Waals surface area contributed by atoms with E-state index in [0.717, 1.165) is 6.42 Å². The van der Waals surface area contributed by atoms with Crippen molar-refractivity contribution in [1.29, 1.82) is 0 Å². The molecule has 1 fully saturated rings. The highest BCUT2D eigenvalue weighted by Crippen LogP contribution is 2.21. The molecular weight excluding hydrogens is 152 g/mol. The lowest BCUT2D eigenvalue weighted by Crippen LogP contribution is -2.46. The van der Waals surface area contributed by atoms with Crippen LogP contribution in [0.3, 0.4) is 0 Å². The number of primary amides is 1. The maximum Gasteiger partial charge on any atom is 0.234 e. The lowest BCUT2D eigenvalue weighted by atomic mass is 9.98. The van der Waals surface area contributed by atoms with Crippen molar-refractivity contribution >= 4 is 5.91 Å². The molecule has 3 nitrogen and oxygen atoms in total. The van der Waals surface area contributed by atoms with Gasteiger partial charge in [-0.1, -0.05) is 20.3 Å². The molecule has 0 aromatic carbocycles. The van der Waals surface area contributed by atoms with Crippen molar-refractivity contribution in [1.82, 2.24) is 5.32 Å². The third-order valence-corrected chi connectivity index (χ3v) is 2.51. The summed E-state index contributed by atoms with van der Waals surface area (Å²) < 4.78 is 0. The summed E-state index contributed by atoms with van der Waals surface area (Å²) in [5.74, 6) is 0.138. The molecule has 0 aromatic heterocycles. The molecule has 1 rings (SSSR count). The van der Waals surface area contributed by atoms with Gasteiger partial charge < -0.3 is 11.1 Å². The summed E-state index contributed by atoms with van der Waals surface area (Å²) in [5, 5.41) is 3.27. The average Bonchev–Trinajstić information content (AvgIpc) is 2.81. The summed E-state index contributed by atoms with van der Waals surface area (Å²) in [6.07, 6.45) is 3.38. The molecule has 1 saturated carbocycles. The van der Waals surface area contributed by atoms with E-state index >= 15 is 0 Å². The Bertz CT molecular complexity index is 166. The van der Waals surface area contributed by atoms with Crippen LogP contribution >= 0.6 is 0 Å². The lowest BCUT2D eigenvalue weighted by Gasteiger charge is -2.20. The van der Waals surface area contributed by atoms with Gasteiger partial charge in [-0.25, -0.2) is 0 Å². The number of amides is 1. The molecule has 0 bridgehead atoms. The zero-order chi connectivity index (χ0) is 9.14. The van der Waals surface area contributed by atoms with E-state index in [-0.39, 0.29) is 11.9 Å². The Hall–Kier alpha value is -0.570. The van der Waals surface area contributed by atoms with Crippen molar-refractivity contribution < 1.29 is 4.79 Å². The molecule has 70 valence electrons. The Morgan fingerprint density at radius 2 is 2.25 bits per heavy atom. The molecule has 0 saturated heterocycles. The minimum atomic E-state index is -0.212. The SMILES string of the molecule is CC[C@H](C)[C@H](NC1CC1)C(N)=O. The number of carbonyl (C=O) groups is 1. The van der Waals surface area contributed by atoms with Gasteiger partial charge in [0, 0.05) is 6.04 Å². The van der Waals surface area contributed by atoms with Gasteiger partial charge in [-0.15, -0.1) is 0 Å². The summed E-state index contributed by atoms with van der Waals surface area (Å²) >= 11 is 0. The fourth-order valence-electron chi connectivity index (χ4n) is 1.27. The second-order valence-electron chi connectivity index (χ2n) is 3.71. The predicted molar refractivity (Wildman–Crippen MR) is 48.6 cm³/mol. The summed E-state index contributed by atoms with van der Waals surface area (Å²) in [5.41, 5.74) is 5.29. The second kappa shape index (κ2) is 3.90. The van der Waals surface area contributed by atoms with Crippen LogP contribution in [-0.4, -0.2) is 18.0 Å². The van der Waals surface area contributed by atoms with E-state index in [2.05, 4.69) is 19.2 Å². The van der Waals surface area contributed by atoms with E-state index in [1.54, 1.807) is 0 Å². The maximum atomic E-state index is 11.0. The fraction of sp³-hybridized carbons (Fsp3) is 0.889. The first-order valence-electron chi connectivity index (χ1n) is 4.70. The topological polar surface area (TPSA) is 55.1 Å². The predicted octanol–water partition coefficient (Wildman–Crippen LogP) is 0.638. The molecule has 3 heteroatoms. The number of hydrogen-bond donors (Lipinski definition) is 2. The van der Waals surface area contributed by atoms with Gasteiger partial charge in [-0.3, -0.25) is 4.79 Å². The molecule has 0 heterocycles. The quantitative estimate of drug-likeness (QED) is 0.636. The molecule has 0 radical (unpaired) electrons. The molecule has 1 aliphatic rings. The molecule has 2 atom stereocenters. The van der Waals surface area contributed by atoms with E-state index in [4.69, 9.17) is 5.73 Å². The van der Waals surface area contributed by atoms with Crippen molar-refractivity contribution in [3.8, 4) is 0 Å². The monoisotopic (exact) mass is 170 g/mol. The van der Waals surface area contributed by atoms with Gasteiger partial charge >= 0.3 is 0 Å². The molecule has 0 aromatic rings. The van der Waals surface area contributed by atoms with Gasteiger partial charge in [0.05, 0.1) is 6.04 Å². The molecule has 1 amide bonds. The Morgan fingerprint density at radius 1 is 1.67 bits per heavy atom. The summed E-state index contributed by atoms with van der Waals surface area (Å²) in [4.78, 5) is 11.0. The highest BCUT2D eigenvalue weighted by Gasteiger charge is 2.29. The van der Waals surface area contributed by atoms with Crippen LogP contribution < -0.4 is 11.1 Å². The first-order chi connectivity index (χ1) is 5.65. The zero-order valence-electron chi connectivity index (χ0n) is 7.84. The van der Waals surface area contributed by atoms with Gasteiger partial charge in [-0.2, -0.15) is 0 Å². The van der Waals surface area contributed by atoms with Crippen molar-refractivity contribution in [2.45, 2.75) is 45.2 Å². The minimum Gasteiger partial charge on any atom is -0.368 e. The van der Waals surface area contributed by atoms with Crippen LogP contribution in [0, 0.1) is 5.92 Å². The first-order valence-corrected chi connectivity index (χ1v) is 4.70. The van der Waals surface area contributed by atoms with Gasteiger partial charge in [0.2, 0.25) is 5.91 Å². The Kier molecular flexibility index (Phi) is 3.09. The smallest absolute Gasteiger partial charge is 0.234 e. The van der Waals surface area contributed by atoms with E-state index in [1.807, 2.05) is 0 Å². The van der Waals surface area contributed by atoms with Crippen molar-refractivity contribution in [3.05, 3.63) is 0 Å². The van der Waals surface area contributed by atoms with Crippen molar-refractivity contribution in [2.75, 3.05) is 0 Å². The largest absolute Gasteiger partial charge is 0.368 e. The third kappa shape index (κ3) is 2.48. The number of nitrogens with one attached hydrogen (secondary N) is 1. The van der Waals surface area contributed by atoms with Crippen LogP contribution in [-0.2, 0) is 4.79 Å². The molecule has 12 heavy (non-hydrogen) atoms. The summed E-state index contributed by atoms with van der Waals surface area (Å²) in [6, 6.07) is 0.430. The van der Waals surface area contributed by atoms with Gasteiger partial charge in [0.25, 0.3) is 0 Å². The Balaban J connectivity index is 2.40. The lowest BCUT2D eigenvalue weighted by molar-refractivity contribution is -0.121. The highest BCUT2D eigenvalue weighted by atomic mass is 16.1. The Labute approximate surface area is 73.7 Å². The van der Waals surface area contributed by atoms with E-state index in [9.17, 15) is 4.79 Å². The van der Waals surface area contributed by atoms with Crippen LogP contribution in [0.4, 0.5) is 0 Å². The normalized spacial score (nSPS) is 21.8. The minimum absolute atomic E-state index is 0.123. The van der Waals surface area contributed by atoms with Crippen LogP contribution in [0.15, 0.2) is 0 Å². The Morgan fingerprint density at radius 3 is 2.58 bits per heavy atom. The standard InChI is InChI=1S/C9H18N2O/c1-3-6(2)8(9(10)12)11-7-4-5-7/h6-8,11H,3-5H2,1-2H3,(H2,10,12)/t6-,8-/m0/s1. The molecule has 0 aliphatic heterocycles. The molecular formula is C9H18N2O. The zero-order valence-corrected chi connectivity index (χ0v) is 7.84. The van der Waals surface area contributed by atoms with Crippen LogP contribution in [0.25, 0.3) is 0 Å². The summed E-state index contributed by atoms with van der Waals surface area (Å²) in [6.45, 7) is 4.14.